The van der Waals surface area contributed by atoms with Crippen LogP contribution in [-0.2, 0) is 0 Å². The van der Waals surface area contributed by atoms with Crippen LogP contribution in [0.25, 0.3) is 20.8 Å². The summed E-state index contributed by atoms with van der Waals surface area (Å²) in [5, 5.41) is 1.18. The minimum Gasteiger partial charge on any atom is -0.255 e. The molecule has 0 aromatic carbocycles. The van der Waals surface area contributed by atoms with Gasteiger partial charge in [0.1, 0.15) is 4.83 Å². The van der Waals surface area contributed by atoms with Crippen molar-refractivity contribution in [2.75, 3.05) is 0 Å². The molecule has 0 saturated heterocycles. The molecule has 0 aliphatic carbocycles. The van der Waals surface area contributed by atoms with E-state index in [1.54, 1.807) is 11.3 Å². The highest BCUT2D eigenvalue weighted by Gasteiger charge is 2.04. The Labute approximate surface area is 91.2 Å². The fourth-order valence-corrected chi connectivity index (χ4v) is 2.49. The Morgan fingerprint density at radius 2 is 1.87 bits per heavy atom. The van der Waals surface area contributed by atoms with Gasteiger partial charge in [0.2, 0.25) is 0 Å². The Morgan fingerprint density at radius 3 is 2.67 bits per heavy atom. The first-order valence-corrected chi connectivity index (χ1v) is 5.51. The van der Waals surface area contributed by atoms with Gasteiger partial charge < -0.3 is 0 Å². The van der Waals surface area contributed by atoms with Crippen molar-refractivity contribution in [3.05, 3.63) is 48.8 Å². The minimum atomic E-state index is 1.01. The van der Waals surface area contributed by atoms with E-state index in [0.29, 0.717) is 0 Å². The zero-order valence-corrected chi connectivity index (χ0v) is 8.74. The Bertz CT molecular complexity index is 554. The van der Waals surface area contributed by atoms with Crippen molar-refractivity contribution in [1.29, 1.82) is 0 Å². The van der Waals surface area contributed by atoms with E-state index in [-0.39, 0.29) is 0 Å². The molecule has 3 aromatic rings. The lowest BCUT2D eigenvalue weighted by molar-refractivity contribution is 1.34. The third kappa shape index (κ3) is 1.51. The predicted octanol–water partition coefficient (Wildman–Crippen LogP) is 3.36. The van der Waals surface area contributed by atoms with Gasteiger partial charge in [0.05, 0.1) is 10.6 Å². The van der Waals surface area contributed by atoms with Gasteiger partial charge in [-0.3, -0.25) is 4.98 Å². The topological polar surface area (TPSA) is 25.8 Å². The van der Waals surface area contributed by atoms with Crippen LogP contribution in [-0.4, -0.2) is 9.97 Å². The van der Waals surface area contributed by atoms with Crippen molar-refractivity contribution in [2.24, 2.45) is 0 Å². The van der Waals surface area contributed by atoms with E-state index in [4.69, 9.17) is 0 Å². The lowest BCUT2D eigenvalue weighted by Crippen LogP contribution is -1.75. The van der Waals surface area contributed by atoms with E-state index >= 15 is 0 Å². The second-order valence-corrected chi connectivity index (χ2v) is 4.25. The number of fused-ring (bicyclic) bond motifs is 1. The quantitative estimate of drug-likeness (QED) is 0.618. The maximum absolute atomic E-state index is 4.33. The lowest BCUT2D eigenvalue weighted by Gasteiger charge is -1.92. The lowest BCUT2D eigenvalue weighted by atomic mass is 10.2. The van der Waals surface area contributed by atoms with Gasteiger partial charge in [-0.05, 0) is 24.3 Å². The average Bonchev–Trinajstić information content (AvgIpc) is 2.74. The van der Waals surface area contributed by atoms with E-state index in [0.717, 1.165) is 10.5 Å². The number of hydrogen-bond acceptors (Lipinski definition) is 3. The van der Waals surface area contributed by atoms with Crippen LogP contribution in [0.15, 0.2) is 48.8 Å². The molecule has 72 valence electrons. The first-order chi connectivity index (χ1) is 7.43. The number of rotatable bonds is 1. The molecule has 0 fully saturated rings. The molecule has 0 saturated carbocycles. The Morgan fingerprint density at radius 1 is 0.933 bits per heavy atom. The summed E-state index contributed by atoms with van der Waals surface area (Å²) < 4.78 is 0. The van der Waals surface area contributed by atoms with Crippen LogP contribution in [0.1, 0.15) is 0 Å². The first kappa shape index (κ1) is 8.56. The summed E-state index contributed by atoms with van der Waals surface area (Å²) in [6, 6.07) is 12.1. The molecule has 15 heavy (non-hydrogen) atoms. The molecule has 0 aliphatic rings. The molecule has 2 nitrogen and oxygen atoms in total. The highest BCUT2D eigenvalue weighted by molar-refractivity contribution is 7.21. The highest BCUT2D eigenvalue weighted by Crippen LogP contribution is 2.30. The van der Waals surface area contributed by atoms with E-state index in [1.807, 2.05) is 36.7 Å². The van der Waals surface area contributed by atoms with E-state index in [9.17, 15) is 0 Å². The minimum absolute atomic E-state index is 1.01. The number of pyridine rings is 2. The third-order valence-electron chi connectivity index (χ3n) is 2.21. The molecular formula is C12H8N2S. The van der Waals surface area contributed by atoms with E-state index in [1.165, 1.54) is 10.3 Å². The SMILES string of the molecule is c1ccc(-c2cc3cccnc3s2)nc1. The second-order valence-electron chi connectivity index (χ2n) is 3.22. The van der Waals surface area contributed by atoms with E-state index in [2.05, 4.69) is 22.1 Å². The number of nitrogens with zero attached hydrogens (tertiary/aromatic N) is 2. The molecule has 0 atom stereocenters. The van der Waals surface area contributed by atoms with Crippen LogP contribution < -0.4 is 0 Å². The van der Waals surface area contributed by atoms with Crippen molar-refractivity contribution in [2.45, 2.75) is 0 Å². The summed E-state index contributed by atoms with van der Waals surface area (Å²) in [5.41, 5.74) is 1.01. The smallest absolute Gasteiger partial charge is 0.123 e. The molecule has 0 N–H and O–H groups in total. The van der Waals surface area contributed by atoms with E-state index < -0.39 is 0 Å². The molecule has 3 heteroatoms. The van der Waals surface area contributed by atoms with Crippen LogP contribution in [0, 0.1) is 0 Å². The summed E-state index contributed by atoms with van der Waals surface area (Å²) in [6.07, 6.45) is 3.63. The van der Waals surface area contributed by atoms with Gasteiger partial charge >= 0.3 is 0 Å². The normalized spacial score (nSPS) is 10.7. The van der Waals surface area contributed by atoms with Crippen molar-refractivity contribution in [1.82, 2.24) is 9.97 Å². The van der Waals surface area contributed by atoms with Crippen LogP contribution in [0.3, 0.4) is 0 Å². The number of thiophene rings is 1. The van der Waals surface area contributed by atoms with Crippen molar-refractivity contribution in [3.8, 4) is 10.6 Å². The summed E-state index contributed by atoms with van der Waals surface area (Å²) >= 11 is 1.68. The van der Waals surface area contributed by atoms with Gasteiger partial charge in [-0.2, -0.15) is 0 Å². The van der Waals surface area contributed by atoms with Crippen molar-refractivity contribution in [3.63, 3.8) is 0 Å². The fraction of sp³-hybridized carbons (Fsp3) is 0. The van der Waals surface area contributed by atoms with Crippen molar-refractivity contribution >= 4 is 21.6 Å². The summed E-state index contributed by atoms with van der Waals surface area (Å²) in [5.74, 6) is 0. The zero-order valence-electron chi connectivity index (χ0n) is 7.92. The van der Waals surface area contributed by atoms with Gasteiger partial charge in [-0.1, -0.05) is 12.1 Å². The van der Waals surface area contributed by atoms with Crippen molar-refractivity contribution < 1.29 is 0 Å². The molecule has 0 unspecified atom stereocenters. The monoisotopic (exact) mass is 212 g/mol. The molecule has 3 aromatic heterocycles. The standard InChI is InChI=1S/C12H8N2S/c1-2-6-13-10(5-1)11-8-9-4-3-7-14-12(9)15-11/h1-8H. The molecule has 0 radical (unpaired) electrons. The van der Waals surface area contributed by atoms with Gasteiger partial charge in [0.15, 0.2) is 0 Å². The molecular weight excluding hydrogens is 204 g/mol. The van der Waals surface area contributed by atoms with Crippen LogP contribution in [0.4, 0.5) is 0 Å². The molecule has 0 spiro atoms. The number of aromatic nitrogens is 2. The van der Waals surface area contributed by atoms with Crippen LogP contribution >= 0.6 is 11.3 Å². The van der Waals surface area contributed by atoms with Crippen LogP contribution in [0.2, 0.25) is 0 Å². The average molecular weight is 212 g/mol. The van der Waals surface area contributed by atoms with Gasteiger partial charge in [0.25, 0.3) is 0 Å². The second kappa shape index (κ2) is 3.44. The maximum atomic E-state index is 4.33. The molecule has 3 heterocycles. The fourth-order valence-electron chi connectivity index (χ4n) is 1.51. The Kier molecular flexibility index (Phi) is 1.96. The summed E-state index contributed by atoms with van der Waals surface area (Å²) in [4.78, 5) is 10.9. The predicted molar refractivity (Wildman–Crippen MR) is 62.9 cm³/mol. The molecule has 3 rings (SSSR count). The van der Waals surface area contributed by atoms with Crippen LogP contribution in [0.5, 0.6) is 0 Å². The first-order valence-electron chi connectivity index (χ1n) is 4.69. The highest BCUT2D eigenvalue weighted by atomic mass is 32.1. The maximum Gasteiger partial charge on any atom is 0.123 e. The molecule has 0 amide bonds. The molecule has 0 aliphatic heterocycles. The zero-order chi connectivity index (χ0) is 10.1. The summed E-state index contributed by atoms with van der Waals surface area (Å²) in [7, 11) is 0. The third-order valence-corrected chi connectivity index (χ3v) is 3.29. The number of hydrogen-bond donors (Lipinski definition) is 0. The Hall–Kier alpha value is -1.74. The molecule has 0 bridgehead atoms. The largest absolute Gasteiger partial charge is 0.255 e. The van der Waals surface area contributed by atoms with Gasteiger partial charge in [-0.25, -0.2) is 4.98 Å². The van der Waals surface area contributed by atoms with Gasteiger partial charge in [0, 0.05) is 17.8 Å². The Balaban J connectivity index is 2.21. The summed E-state index contributed by atoms with van der Waals surface area (Å²) in [6.45, 7) is 0. The van der Waals surface area contributed by atoms with Gasteiger partial charge in [-0.15, -0.1) is 11.3 Å².